The molecule has 2 aromatic carbocycles. The van der Waals surface area contributed by atoms with Gasteiger partial charge >= 0.3 is 0 Å². The zero-order valence-corrected chi connectivity index (χ0v) is 14.2. The monoisotopic (exact) mass is 351 g/mol. The van der Waals surface area contributed by atoms with Crippen molar-refractivity contribution in [2.24, 2.45) is 7.05 Å². The Morgan fingerprint density at radius 1 is 1.04 bits per heavy atom. The summed E-state index contributed by atoms with van der Waals surface area (Å²) in [6.07, 6.45) is 3.50. The van der Waals surface area contributed by atoms with E-state index in [0.717, 1.165) is 34.7 Å². The van der Waals surface area contributed by atoms with Crippen molar-refractivity contribution < 1.29 is 8.78 Å². The van der Waals surface area contributed by atoms with E-state index >= 15 is 0 Å². The largest absolute Gasteiger partial charge is 0.281 e. The molecule has 6 heteroatoms. The molecule has 0 aliphatic carbocycles. The third-order valence-electron chi connectivity index (χ3n) is 4.35. The first-order chi connectivity index (χ1) is 12.4. The molecule has 0 atom stereocenters. The Kier molecular flexibility index (Phi) is 3.68. The van der Waals surface area contributed by atoms with Crippen LogP contribution in [0.5, 0.6) is 0 Å². The van der Waals surface area contributed by atoms with E-state index < -0.39 is 11.6 Å². The van der Waals surface area contributed by atoms with Crippen molar-refractivity contribution in [3.63, 3.8) is 0 Å². The van der Waals surface area contributed by atoms with Gasteiger partial charge in [0.25, 0.3) is 5.56 Å². The van der Waals surface area contributed by atoms with Crippen molar-refractivity contribution in [2.45, 2.75) is 6.92 Å². The fourth-order valence-corrected chi connectivity index (χ4v) is 3.28. The van der Waals surface area contributed by atoms with Crippen molar-refractivity contribution in [1.82, 2.24) is 14.3 Å². The Bertz CT molecular complexity index is 1190. The number of hydrogen-bond donors (Lipinski definition) is 0. The SMILES string of the molecule is Cc1cc2cccc(-c3cnn(C)c3)c2c(=O)n1-c1cc(F)cc(F)c1. The first-order valence-corrected chi connectivity index (χ1v) is 8.05. The van der Waals surface area contributed by atoms with E-state index in [9.17, 15) is 13.6 Å². The summed E-state index contributed by atoms with van der Waals surface area (Å²) in [6.45, 7) is 1.74. The first-order valence-electron chi connectivity index (χ1n) is 8.05. The lowest BCUT2D eigenvalue weighted by molar-refractivity contribution is 0.581. The maximum Gasteiger partial charge on any atom is 0.263 e. The number of aromatic nitrogens is 3. The van der Waals surface area contributed by atoms with Crippen LogP contribution in [0, 0.1) is 18.6 Å². The lowest BCUT2D eigenvalue weighted by Crippen LogP contribution is -2.21. The van der Waals surface area contributed by atoms with Gasteiger partial charge in [-0.25, -0.2) is 8.78 Å². The van der Waals surface area contributed by atoms with Gasteiger partial charge in [-0.05, 0) is 36.1 Å². The molecule has 0 spiro atoms. The van der Waals surface area contributed by atoms with Gasteiger partial charge in [0, 0.05) is 30.6 Å². The molecule has 2 aromatic heterocycles. The molecule has 130 valence electrons. The maximum atomic E-state index is 13.7. The van der Waals surface area contributed by atoms with Crippen LogP contribution in [0.1, 0.15) is 5.69 Å². The van der Waals surface area contributed by atoms with Crippen molar-refractivity contribution in [3.05, 3.63) is 82.5 Å². The Labute approximate surface area is 147 Å². The summed E-state index contributed by atoms with van der Waals surface area (Å²) >= 11 is 0. The van der Waals surface area contributed by atoms with Crippen molar-refractivity contribution in [2.75, 3.05) is 0 Å². The number of rotatable bonds is 2. The van der Waals surface area contributed by atoms with Gasteiger partial charge < -0.3 is 0 Å². The maximum absolute atomic E-state index is 13.7. The fourth-order valence-electron chi connectivity index (χ4n) is 3.28. The average molecular weight is 351 g/mol. The van der Waals surface area contributed by atoms with Crippen molar-refractivity contribution in [1.29, 1.82) is 0 Å². The number of hydrogen-bond acceptors (Lipinski definition) is 2. The van der Waals surface area contributed by atoms with E-state index in [1.807, 2.05) is 30.5 Å². The van der Waals surface area contributed by atoms with E-state index in [4.69, 9.17) is 0 Å². The first kappa shape index (κ1) is 16.2. The van der Waals surface area contributed by atoms with E-state index in [2.05, 4.69) is 5.10 Å². The molecule has 0 N–H and O–H groups in total. The molecule has 26 heavy (non-hydrogen) atoms. The van der Waals surface area contributed by atoms with Gasteiger partial charge in [0.2, 0.25) is 0 Å². The molecule has 0 aliphatic rings. The predicted molar refractivity (Wildman–Crippen MR) is 96.4 cm³/mol. The lowest BCUT2D eigenvalue weighted by Gasteiger charge is -2.14. The lowest BCUT2D eigenvalue weighted by atomic mass is 10.0. The molecule has 0 saturated carbocycles. The summed E-state index contributed by atoms with van der Waals surface area (Å²) < 4.78 is 30.3. The minimum Gasteiger partial charge on any atom is -0.281 e. The van der Waals surface area contributed by atoms with Gasteiger partial charge in [0.1, 0.15) is 11.6 Å². The van der Waals surface area contributed by atoms with Crippen LogP contribution in [-0.4, -0.2) is 14.3 Å². The standard InChI is InChI=1S/C20H15F2N3O/c1-12-6-13-4-3-5-18(14-10-23-24(2)11-14)19(13)20(26)25(12)17-8-15(21)7-16(22)9-17/h3-11H,1-2H3. The number of pyridine rings is 1. The fraction of sp³-hybridized carbons (Fsp3) is 0.100. The Morgan fingerprint density at radius 3 is 2.42 bits per heavy atom. The quantitative estimate of drug-likeness (QED) is 0.548. The summed E-state index contributed by atoms with van der Waals surface area (Å²) in [5.74, 6) is -1.46. The minimum atomic E-state index is -0.730. The smallest absolute Gasteiger partial charge is 0.263 e. The molecule has 4 rings (SSSR count). The summed E-state index contributed by atoms with van der Waals surface area (Å²) in [5, 5.41) is 5.41. The Morgan fingerprint density at radius 2 is 1.77 bits per heavy atom. The highest BCUT2D eigenvalue weighted by molar-refractivity contribution is 5.96. The second kappa shape index (κ2) is 5.91. The van der Waals surface area contributed by atoms with Crippen LogP contribution in [0.25, 0.3) is 27.6 Å². The van der Waals surface area contributed by atoms with Crippen LogP contribution < -0.4 is 5.56 Å². The Balaban J connectivity index is 2.09. The highest BCUT2D eigenvalue weighted by Crippen LogP contribution is 2.27. The average Bonchev–Trinajstić information content (AvgIpc) is 2.99. The molecular weight excluding hydrogens is 336 g/mol. The van der Waals surface area contributed by atoms with Gasteiger partial charge in [-0.2, -0.15) is 5.10 Å². The second-order valence-electron chi connectivity index (χ2n) is 6.23. The predicted octanol–water partition coefficient (Wildman–Crippen LogP) is 3.98. The Hall–Kier alpha value is -3.28. The van der Waals surface area contributed by atoms with E-state index in [-0.39, 0.29) is 11.2 Å². The van der Waals surface area contributed by atoms with Gasteiger partial charge in [0.15, 0.2) is 0 Å². The molecule has 0 saturated heterocycles. The van der Waals surface area contributed by atoms with Crippen LogP contribution in [0.15, 0.2) is 59.7 Å². The van der Waals surface area contributed by atoms with Gasteiger partial charge in [0.05, 0.1) is 17.3 Å². The van der Waals surface area contributed by atoms with Crippen LogP contribution in [0.2, 0.25) is 0 Å². The molecule has 4 aromatic rings. The van der Waals surface area contributed by atoms with Crippen molar-refractivity contribution in [3.8, 4) is 16.8 Å². The third-order valence-corrected chi connectivity index (χ3v) is 4.35. The zero-order valence-electron chi connectivity index (χ0n) is 14.2. The van der Waals surface area contributed by atoms with Crippen molar-refractivity contribution >= 4 is 10.8 Å². The van der Waals surface area contributed by atoms with Crippen LogP contribution in [0.3, 0.4) is 0 Å². The highest BCUT2D eigenvalue weighted by Gasteiger charge is 2.15. The van der Waals surface area contributed by atoms with Gasteiger partial charge in [-0.15, -0.1) is 0 Å². The second-order valence-corrected chi connectivity index (χ2v) is 6.23. The zero-order chi connectivity index (χ0) is 18.4. The summed E-state index contributed by atoms with van der Waals surface area (Å²) in [4.78, 5) is 13.3. The van der Waals surface area contributed by atoms with Crippen LogP contribution in [0.4, 0.5) is 8.78 Å². The molecule has 0 bridgehead atoms. The summed E-state index contributed by atoms with van der Waals surface area (Å²) in [6, 6.07) is 10.5. The molecule has 0 fully saturated rings. The van der Waals surface area contributed by atoms with E-state index in [1.54, 1.807) is 24.9 Å². The number of fused-ring (bicyclic) bond motifs is 1. The number of aryl methyl sites for hydroxylation is 2. The van der Waals surface area contributed by atoms with Gasteiger partial charge in [-0.3, -0.25) is 14.0 Å². The number of halogens is 2. The topological polar surface area (TPSA) is 39.8 Å². The molecule has 0 amide bonds. The van der Waals surface area contributed by atoms with Crippen LogP contribution in [-0.2, 0) is 7.05 Å². The number of benzene rings is 2. The van der Waals surface area contributed by atoms with E-state index in [0.29, 0.717) is 11.1 Å². The molecule has 0 unspecified atom stereocenters. The molecule has 4 nitrogen and oxygen atoms in total. The normalized spacial score (nSPS) is 11.2. The molecule has 0 radical (unpaired) electrons. The van der Waals surface area contributed by atoms with Crippen LogP contribution >= 0.6 is 0 Å². The number of nitrogens with zero attached hydrogens (tertiary/aromatic N) is 3. The molecule has 0 aliphatic heterocycles. The van der Waals surface area contributed by atoms with E-state index in [1.165, 1.54) is 4.57 Å². The van der Waals surface area contributed by atoms with Gasteiger partial charge in [-0.1, -0.05) is 18.2 Å². The summed E-state index contributed by atoms with van der Waals surface area (Å²) in [5.41, 5.74) is 1.95. The minimum absolute atomic E-state index is 0.160. The molecular formula is C20H15F2N3O. The highest BCUT2D eigenvalue weighted by atomic mass is 19.1. The molecule has 2 heterocycles. The third kappa shape index (κ3) is 2.60. The summed E-state index contributed by atoms with van der Waals surface area (Å²) in [7, 11) is 1.80.